The molecule has 0 bridgehead atoms. The van der Waals surface area contributed by atoms with E-state index in [9.17, 15) is 9.59 Å². The number of rotatable bonds is 7. The number of para-hydroxylation sites is 1. The van der Waals surface area contributed by atoms with E-state index in [2.05, 4.69) is 20.3 Å². The van der Waals surface area contributed by atoms with Crippen LogP contribution in [0.3, 0.4) is 0 Å². The number of ether oxygens (including phenoxy) is 1. The number of anilines is 4. The van der Waals surface area contributed by atoms with Crippen molar-refractivity contribution in [3.63, 3.8) is 0 Å². The van der Waals surface area contributed by atoms with Crippen molar-refractivity contribution in [3.8, 4) is 0 Å². The van der Waals surface area contributed by atoms with Crippen molar-refractivity contribution >= 4 is 46.5 Å². The van der Waals surface area contributed by atoms with Crippen molar-refractivity contribution in [2.75, 3.05) is 16.0 Å². The molecule has 3 heterocycles. The van der Waals surface area contributed by atoms with Gasteiger partial charge < -0.3 is 20.7 Å². The fourth-order valence-corrected chi connectivity index (χ4v) is 5.26. The van der Waals surface area contributed by atoms with E-state index in [0.29, 0.717) is 0 Å². The molecule has 2 aromatic carbocycles. The second-order valence-electron chi connectivity index (χ2n) is 8.85. The Morgan fingerprint density at radius 1 is 1.08 bits per heavy atom. The van der Waals surface area contributed by atoms with Gasteiger partial charge in [0.2, 0.25) is 17.8 Å². The van der Waals surface area contributed by atoms with E-state index in [-0.39, 0.29) is 36.7 Å². The Morgan fingerprint density at radius 3 is 2.59 bits per heavy atom. The lowest BCUT2D eigenvalue weighted by molar-refractivity contribution is -0.150. The third-order valence-electron chi connectivity index (χ3n) is 6.21. The lowest BCUT2D eigenvalue weighted by Crippen LogP contribution is -2.30. The SMILES string of the molecule is Cc1ccc(N2C(=O)C[C@H](C(=O)OCc3nc(N)nc(Nc4ccccc4C)n3)[C@H]2c2cccs2)cc1. The monoisotopic (exact) mass is 514 g/mol. The number of aromatic nitrogens is 3. The summed E-state index contributed by atoms with van der Waals surface area (Å²) in [6.45, 7) is 3.76. The highest BCUT2D eigenvalue weighted by molar-refractivity contribution is 7.10. The summed E-state index contributed by atoms with van der Waals surface area (Å²) in [5.74, 6) is -0.811. The van der Waals surface area contributed by atoms with Gasteiger partial charge in [0.05, 0.1) is 12.0 Å². The molecule has 3 N–H and O–H groups in total. The molecule has 2 aromatic heterocycles. The molecule has 1 aliphatic rings. The zero-order chi connectivity index (χ0) is 25.9. The third-order valence-corrected chi connectivity index (χ3v) is 7.15. The van der Waals surface area contributed by atoms with Crippen molar-refractivity contribution in [3.05, 3.63) is 87.9 Å². The summed E-state index contributed by atoms with van der Waals surface area (Å²) in [4.78, 5) is 41.6. The van der Waals surface area contributed by atoms with Gasteiger partial charge in [-0.1, -0.05) is 42.0 Å². The number of aryl methyl sites for hydroxylation is 2. The first-order chi connectivity index (χ1) is 17.9. The third kappa shape index (κ3) is 5.29. The second-order valence-corrected chi connectivity index (χ2v) is 9.83. The minimum absolute atomic E-state index is 0.00943. The van der Waals surface area contributed by atoms with Gasteiger partial charge in [-0.05, 0) is 49.1 Å². The number of nitrogens with one attached hydrogen (secondary N) is 1. The minimum atomic E-state index is -0.670. The van der Waals surface area contributed by atoms with Crippen LogP contribution in [0.25, 0.3) is 0 Å². The average Bonchev–Trinajstić information content (AvgIpc) is 3.52. The predicted molar refractivity (Wildman–Crippen MR) is 142 cm³/mol. The first-order valence-corrected chi connectivity index (χ1v) is 12.7. The number of hydrogen-bond acceptors (Lipinski definition) is 9. The maximum absolute atomic E-state index is 13.3. The molecule has 1 saturated heterocycles. The predicted octanol–water partition coefficient (Wildman–Crippen LogP) is 4.71. The fourth-order valence-electron chi connectivity index (χ4n) is 4.38. The van der Waals surface area contributed by atoms with Crippen LogP contribution in [-0.4, -0.2) is 26.8 Å². The van der Waals surface area contributed by atoms with Gasteiger partial charge in [-0.3, -0.25) is 9.59 Å². The zero-order valence-electron chi connectivity index (χ0n) is 20.4. The van der Waals surface area contributed by atoms with Gasteiger partial charge in [0.25, 0.3) is 0 Å². The number of thiophene rings is 1. The summed E-state index contributed by atoms with van der Waals surface area (Å²) in [7, 11) is 0. The van der Waals surface area contributed by atoms with Gasteiger partial charge in [0.1, 0.15) is 0 Å². The van der Waals surface area contributed by atoms with Crippen LogP contribution in [0.5, 0.6) is 0 Å². The Morgan fingerprint density at radius 2 is 1.86 bits per heavy atom. The van der Waals surface area contributed by atoms with Crippen molar-refractivity contribution in [2.45, 2.75) is 32.9 Å². The van der Waals surface area contributed by atoms with Gasteiger partial charge in [0, 0.05) is 22.7 Å². The van der Waals surface area contributed by atoms with Gasteiger partial charge in [-0.2, -0.15) is 15.0 Å². The van der Waals surface area contributed by atoms with Crippen LogP contribution in [0.4, 0.5) is 23.3 Å². The minimum Gasteiger partial charge on any atom is -0.457 e. The molecular weight excluding hydrogens is 488 g/mol. The zero-order valence-corrected chi connectivity index (χ0v) is 21.2. The number of benzene rings is 2. The molecule has 0 unspecified atom stereocenters. The van der Waals surface area contributed by atoms with Gasteiger partial charge in [-0.15, -0.1) is 11.3 Å². The summed E-state index contributed by atoms with van der Waals surface area (Å²) in [5, 5.41) is 5.06. The highest BCUT2D eigenvalue weighted by atomic mass is 32.1. The van der Waals surface area contributed by atoms with E-state index in [0.717, 1.165) is 27.4 Å². The molecule has 0 saturated carbocycles. The number of esters is 1. The Kier molecular flexibility index (Phi) is 6.82. The largest absolute Gasteiger partial charge is 0.457 e. The topological polar surface area (TPSA) is 123 Å². The summed E-state index contributed by atoms with van der Waals surface area (Å²) in [5.41, 5.74) is 9.57. The van der Waals surface area contributed by atoms with Crippen molar-refractivity contribution in [1.82, 2.24) is 15.0 Å². The van der Waals surface area contributed by atoms with Crippen LogP contribution in [0, 0.1) is 19.8 Å². The van der Waals surface area contributed by atoms with Gasteiger partial charge in [-0.25, -0.2) is 0 Å². The lowest BCUT2D eigenvalue weighted by Gasteiger charge is -2.27. The number of nitrogens with zero attached hydrogens (tertiary/aromatic N) is 4. The van der Waals surface area contributed by atoms with Gasteiger partial charge >= 0.3 is 5.97 Å². The molecule has 1 amide bonds. The molecule has 37 heavy (non-hydrogen) atoms. The molecular formula is C27H26N6O3S. The lowest BCUT2D eigenvalue weighted by atomic mass is 9.99. The van der Waals surface area contributed by atoms with E-state index in [1.54, 1.807) is 4.90 Å². The quantitative estimate of drug-likeness (QED) is 0.340. The van der Waals surface area contributed by atoms with E-state index in [1.165, 1.54) is 11.3 Å². The molecule has 9 nitrogen and oxygen atoms in total. The molecule has 5 rings (SSSR count). The number of carbonyl (C=O) groups excluding carboxylic acids is 2. The Bertz CT molecular complexity index is 1420. The second kappa shape index (κ2) is 10.4. The number of amides is 1. The summed E-state index contributed by atoms with van der Waals surface area (Å²) in [6, 6.07) is 18.8. The van der Waals surface area contributed by atoms with Gasteiger partial charge in [0.15, 0.2) is 12.4 Å². The van der Waals surface area contributed by atoms with Crippen molar-refractivity contribution in [2.24, 2.45) is 5.92 Å². The maximum Gasteiger partial charge on any atom is 0.312 e. The molecule has 188 valence electrons. The molecule has 0 radical (unpaired) electrons. The summed E-state index contributed by atoms with van der Waals surface area (Å²) in [6.07, 6.45) is 0.0503. The number of nitrogens with two attached hydrogens (primary N) is 1. The van der Waals surface area contributed by atoms with Crippen molar-refractivity contribution in [1.29, 1.82) is 0 Å². The molecule has 4 aromatic rings. The standard InChI is InChI=1S/C27H26N6O3S/c1-16-9-11-18(12-10-16)33-23(34)14-19(24(33)21-8-5-13-37-21)25(35)36-15-22-30-26(28)32-27(31-22)29-20-7-4-3-6-17(20)2/h3-13,19,24H,14-15H2,1-2H3,(H3,28,29,30,31,32)/t19-,24-/m0/s1. The Hall–Kier alpha value is -4.31. The first kappa shape index (κ1) is 24.4. The van der Waals surface area contributed by atoms with E-state index in [1.807, 2.05) is 79.9 Å². The number of hydrogen-bond donors (Lipinski definition) is 2. The smallest absolute Gasteiger partial charge is 0.312 e. The van der Waals surface area contributed by atoms with Crippen LogP contribution in [-0.2, 0) is 20.9 Å². The molecule has 0 aliphatic carbocycles. The maximum atomic E-state index is 13.3. The van der Waals surface area contributed by atoms with Crippen LogP contribution in [0.2, 0.25) is 0 Å². The van der Waals surface area contributed by atoms with Crippen LogP contribution in [0.1, 0.15) is 34.3 Å². The first-order valence-electron chi connectivity index (χ1n) is 11.8. The summed E-state index contributed by atoms with van der Waals surface area (Å²) >= 11 is 1.51. The average molecular weight is 515 g/mol. The van der Waals surface area contributed by atoms with Crippen molar-refractivity contribution < 1.29 is 14.3 Å². The normalized spacial score (nSPS) is 17.1. The number of carbonyl (C=O) groups is 2. The highest BCUT2D eigenvalue weighted by Gasteiger charge is 2.46. The van der Waals surface area contributed by atoms with Crippen LogP contribution in [0.15, 0.2) is 66.0 Å². The van der Waals surface area contributed by atoms with E-state index in [4.69, 9.17) is 10.5 Å². The van der Waals surface area contributed by atoms with E-state index < -0.39 is 17.9 Å². The Labute approximate surface area is 218 Å². The van der Waals surface area contributed by atoms with Crippen LogP contribution < -0.4 is 16.0 Å². The van der Waals surface area contributed by atoms with E-state index >= 15 is 0 Å². The molecule has 1 fully saturated rings. The summed E-state index contributed by atoms with van der Waals surface area (Å²) < 4.78 is 5.63. The molecule has 1 aliphatic heterocycles. The van der Waals surface area contributed by atoms with Crippen LogP contribution >= 0.6 is 11.3 Å². The molecule has 0 spiro atoms. The highest BCUT2D eigenvalue weighted by Crippen LogP contribution is 2.43. The number of nitrogen functional groups attached to an aromatic ring is 1. The molecule has 10 heteroatoms. The fraction of sp³-hybridized carbons (Fsp3) is 0.222. The molecule has 2 atom stereocenters. The Balaban J connectivity index is 1.34.